The molecule has 0 saturated carbocycles. The van der Waals surface area contributed by atoms with Gasteiger partial charge in [-0.05, 0) is 41.3 Å². The minimum Gasteiger partial charge on any atom is -0.328 e. The van der Waals surface area contributed by atoms with Crippen LogP contribution in [0, 0.1) is 5.92 Å². The maximum atomic E-state index is 9.50. The van der Waals surface area contributed by atoms with Crippen molar-refractivity contribution in [2.45, 2.75) is 47.1 Å². The van der Waals surface area contributed by atoms with Crippen molar-refractivity contribution in [3.8, 4) is 11.1 Å². The average Bonchev–Trinajstić information content (AvgIpc) is 3.17. The highest BCUT2D eigenvalue weighted by Crippen LogP contribution is 2.24. The standard InChI is InChI=1S/C16H17N3.C4H8O.C2H6/c1-11(17)6-12-2-3-14-8-15(5-4-13(14)7-12)16-9-18-19-10-16;1-4(2)3-5;1-2/h2-5,7-11H,6,17H2,1H3,(H,18,19);3-4H,1-2H3;1-2H3. The normalized spacial score (nSPS) is 11.2. The van der Waals surface area contributed by atoms with E-state index in [0.717, 1.165) is 18.3 Å². The number of nitrogens with two attached hydrogens (primary N) is 1. The summed E-state index contributed by atoms with van der Waals surface area (Å²) in [5.41, 5.74) is 9.43. The van der Waals surface area contributed by atoms with E-state index in [1.165, 1.54) is 21.9 Å². The highest BCUT2D eigenvalue weighted by molar-refractivity contribution is 5.87. The maximum Gasteiger partial charge on any atom is 0.122 e. The molecule has 140 valence electrons. The van der Waals surface area contributed by atoms with E-state index in [1.54, 1.807) is 0 Å². The SMILES string of the molecule is CC.CC(C)C=O.CC(N)Cc1ccc2cc(-c3cn[nH]c3)ccc2c1. The van der Waals surface area contributed by atoms with E-state index in [0.29, 0.717) is 0 Å². The Hall–Kier alpha value is -2.46. The van der Waals surface area contributed by atoms with Crippen LogP contribution in [0.15, 0.2) is 48.8 Å². The number of nitrogens with one attached hydrogen (secondary N) is 1. The summed E-state index contributed by atoms with van der Waals surface area (Å²) in [5, 5.41) is 9.33. The first-order chi connectivity index (χ1) is 12.5. The lowest BCUT2D eigenvalue weighted by molar-refractivity contribution is -0.110. The molecule has 0 amide bonds. The van der Waals surface area contributed by atoms with Gasteiger partial charge in [-0.15, -0.1) is 0 Å². The third-order valence-electron chi connectivity index (χ3n) is 3.57. The highest BCUT2D eigenvalue weighted by Gasteiger charge is 2.03. The number of hydrogen-bond donors (Lipinski definition) is 2. The maximum absolute atomic E-state index is 9.50. The van der Waals surface area contributed by atoms with Gasteiger partial charge in [0.05, 0.1) is 6.20 Å². The van der Waals surface area contributed by atoms with E-state index in [9.17, 15) is 4.79 Å². The monoisotopic (exact) mass is 353 g/mol. The summed E-state index contributed by atoms with van der Waals surface area (Å²) in [5.74, 6) is 0.204. The molecule has 3 aromatic rings. The second kappa shape index (κ2) is 11.2. The van der Waals surface area contributed by atoms with Gasteiger partial charge in [0.1, 0.15) is 6.29 Å². The number of carbonyl (C=O) groups is 1. The molecule has 2 aromatic carbocycles. The third kappa shape index (κ3) is 6.81. The number of carbonyl (C=O) groups excluding carboxylic acids is 1. The third-order valence-corrected chi connectivity index (χ3v) is 3.57. The number of aromatic amines is 1. The van der Waals surface area contributed by atoms with Gasteiger partial charge in [0, 0.05) is 23.7 Å². The summed E-state index contributed by atoms with van der Waals surface area (Å²) in [6.45, 7) is 9.74. The fourth-order valence-corrected chi connectivity index (χ4v) is 2.38. The Morgan fingerprint density at radius 2 is 1.65 bits per heavy atom. The zero-order valence-corrected chi connectivity index (χ0v) is 16.5. The minimum atomic E-state index is 0.197. The molecule has 1 atom stereocenters. The molecule has 1 heterocycles. The molecule has 0 saturated heterocycles. The second-order valence-corrected chi connectivity index (χ2v) is 6.44. The Kier molecular flexibility index (Phi) is 9.31. The van der Waals surface area contributed by atoms with E-state index >= 15 is 0 Å². The molecule has 1 aromatic heterocycles. The van der Waals surface area contributed by atoms with Crippen LogP contribution in [0.3, 0.4) is 0 Å². The fraction of sp³-hybridized carbons (Fsp3) is 0.364. The van der Waals surface area contributed by atoms with Crippen molar-refractivity contribution in [1.82, 2.24) is 10.2 Å². The molecule has 26 heavy (non-hydrogen) atoms. The Bertz CT molecular complexity index is 777. The summed E-state index contributed by atoms with van der Waals surface area (Å²) in [6.07, 6.45) is 5.58. The number of benzene rings is 2. The van der Waals surface area contributed by atoms with E-state index in [-0.39, 0.29) is 12.0 Å². The van der Waals surface area contributed by atoms with E-state index in [4.69, 9.17) is 5.73 Å². The molecule has 0 aliphatic rings. The molecule has 0 fully saturated rings. The quantitative estimate of drug-likeness (QED) is 0.649. The van der Waals surface area contributed by atoms with Gasteiger partial charge in [-0.2, -0.15) is 5.10 Å². The van der Waals surface area contributed by atoms with Crippen molar-refractivity contribution >= 4 is 17.1 Å². The molecule has 0 aliphatic carbocycles. The van der Waals surface area contributed by atoms with Gasteiger partial charge in [0.2, 0.25) is 0 Å². The Balaban J connectivity index is 0.000000420. The van der Waals surface area contributed by atoms with E-state index in [2.05, 4.69) is 46.6 Å². The van der Waals surface area contributed by atoms with Crippen LogP contribution in [0.1, 0.15) is 40.2 Å². The molecule has 3 N–H and O–H groups in total. The van der Waals surface area contributed by atoms with Crippen LogP contribution >= 0.6 is 0 Å². The van der Waals surface area contributed by atoms with Crippen molar-refractivity contribution in [2.24, 2.45) is 11.7 Å². The van der Waals surface area contributed by atoms with Gasteiger partial charge in [-0.1, -0.05) is 58.0 Å². The topological polar surface area (TPSA) is 71.8 Å². The number of H-pyrrole nitrogens is 1. The number of aromatic nitrogens is 2. The Labute approximate surface area is 156 Å². The largest absolute Gasteiger partial charge is 0.328 e. The zero-order chi connectivity index (χ0) is 19.5. The van der Waals surface area contributed by atoms with Crippen molar-refractivity contribution in [3.63, 3.8) is 0 Å². The molecule has 0 spiro atoms. The minimum absolute atomic E-state index is 0.197. The molecule has 4 nitrogen and oxygen atoms in total. The molecular weight excluding hydrogens is 322 g/mol. The van der Waals surface area contributed by atoms with Gasteiger partial charge < -0.3 is 10.5 Å². The predicted molar refractivity (Wildman–Crippen MR) is 111 cm³/mol. The van der Waals surface area contributed by atoms with Crippen LogP contribution in [0.4, 0.5) is 0 Å². The molecule has 0 bridgehead atoms. The summed E-state index contributed by atoms with van der Waals surface area (Å²) < 4.78 is 0. The van der Waals surface area contributed by atoms with Crippen LogP contribution in [-0.4, -0.2) is 22.5 Å². The lowest BCUT2D eigenvalue weighted by atomic mass is 9.99. The number of aldehydes is 1. The average molecular weight is 354 g/mol. The number of nitrogens with zero attached hydrogens (tertiary/aromatic N) is 1. The molecule has 4 heteroatoms. The van der Waals surface area contributed by atoms with Gasteiger partial charge in [-0.3, -0.25) is 5.10 Å². The first kappa shape index (κ1) is 21.6. The number of rotatable bonds is 4. The zero-order valence-electron chi connectivity index (χ0n) is 16.5. The number of hydrogen-bond acceptors (Lipinski definition) is 3. The van der Waals surface area contributed by atoms with Crippen LogP contribution in [-0.2, 0) is 11.2 Å². The summed E-state index contributed by atoms with van der Waals surface area (Å²) in [6, 6.07) is 13.2. The van der Waals surface area contributed by atoms with Crippen LogP contribution in [0.25, 0.3) is 21.9 Å². The van der Waals surface area contributed by atoms with Crippen molar-refractivity contribution in [2.75, 3.05) is 0 Å². The van der Waals surface area contributed by atoms with Crippen molar-refractivity contribution in [1.29, 1.82) is 0 Å². The van der Waals surface area contributed by atoms with Crippen molar-refractivity contribution < 1.29 is 4.79 Å². The molecule has 0 radical (unpaired) electrons. The fourth-order valence-electron chi connectivity index (χ4n) is 2.38. The van der Waals surface area contributed by atoms with E-state index in [1.807, 2.05) is 47.0 Å². The lowest BCUT2D eigenvalue weighted by Crippen LogP contribution is -2.17. The summed E-state index contributed by atoms with van der Waals surface area (Å²) >= 11 is 0. The van der Waals surface area contributed by atoms with Gasteiger partial charge in [0.25, 0.3) is 0 Å². The van der Waals surface area contributed by atoms with Gasteiger partial charge in [-0.25, -0.2) is 0 Å². The predicted octanol–water partition coefficient (Wildman–Crippen LogP) is 4.99. The Morgan fingerprint density at radius 1 is 1.04 bits per heavy atom. The molecule has 3 rings (SSSR count). The highest BCUT2D eigenvalue weighted by atomic mass is 16.1. The van der Waals surface area contributed by atoms with Crippen LogP contribution in [0.2, 0.25) is 0 Å². The summed E-state index contributed by atoms with van der Waals surface area (Å²) in [7, 11) is 0. The van der Waals surface area contributed by atoms with Gasteiger partial charge in [0.15, 0.2) is 0 Å². The van der Waals surface area contributed by atoms with Crippen LogP contribution < -0.4 is 5.73 Å². The smallest absolute Gasteiger partial charge is 0.122 e. The lowest BCUT2D eigenvalue weighted by Gasteiger charge is -2.07. The second-order valence-electron chi connectivity index (χ2n) is 6.44. The summed E-state index contributed by atoms with van der Waals surface area (Å²) in [4.78, 5) is 9.50. The van der Waals surface area contributed by atoms with Gasteiger partial charge >= 0.3 is 0 Å². The molecule has 0 aliphatic heterocycles. The first-order valence-corrected chi connectivity index (χ1v) is 9.22. The Morgan fingerprint density at radius 3 is 2.19 bits per heavy atom. The molecular formula is C22H31N3O. The van der Waals surface area contributed by atoms with Crippen molar-refractivity contribution in [3.05, 3.63) is 54.4 Å². The molecule has 1 unspecified atom stereocenters. The van der Waals surface area contributed by atoms with E-state index < -0.39 is 0 Å². The van der Waals surface area contributed by atoms with Crippen LogP contribution in [0.5, 0.6) is 0 Å². The number of fused-ring (bicyclic) bond motifs is 1. The first-order valence-electron chi connectivity index (χ1n) is 9.22.